The fourth-order valence-corrected chi connectivity index (χ4v) is 4.12. The number of carboxylic acid groups (broad SMARTS) is 1. The minimum Gasteiger partial charge on any atom is -0.549 e. The molecule has 0 bridgehead atoms. The molecule has 2 aromatic carbocycles. The maximum atomic E-state index is 12.6. The van der Waals surface area contributed by atoms with Crippen LogP contribution >= 0.6 is 11.8 Å². The summed E-state index contributed by atoms with van der Waals surface area (Å²) < 4.78 is 29.0. The molecule has 6 nitrogen and oxygen atoms in total. The van der Waals surface area contributed by atoms with Gasteiger partial charge in [0.25, 0.3) is 10.0 Å². The average molecular weight is 386 g/mol. The molecule has 0 unspecified atom stereocenters. The van der Waals surface area contributed by atoms with Crippen LogP contribution in [0.25, 0.3) is 0 Å². The number of thioether (sulfide) groups is 1. The zero-order valence-electron chi connectivity index (χ0n) is 13.3. The first kappa shape index (κ1) is 18.1. The van der Waals surface area contributed by atoms with Crippen molar-refractivity contribution in [1.29, 1.82) is 0 Å². The van der Waals surface area contributed by atoms with Crippen molar-refractivity contribution in [2.24, 2.45) is 4.40 Å². The fraction of sp³-hybridized carbons (Fsp3) is 0.0556. The summed E-state index contributed by atoms with van der Waals surface area (Å²) in [5.41, 5.74) is 0.748. The Hall–Kier alpha value is -2.71. The molecule has 8 heteroatoms. The van der Waals surface area contributed by atoms with Crippen molar-refractivity contribution in [1.82, 2.24) is 0 Å². The molecular formula is C18H12NO5S2-. The maximum Gasteiger partial charge on any atom is 0.282 e. The molecule has 0 spiro atoms. The number of carboxylic acids is 1. The summed E-state index contributed by atoms with van der Waals surface area (Å²) in [7, 11) is -3.98. The molecule has 2 aromatic rings. The third kappa shape index (κ3) is 3.76. The van der Waals surface area contributed by atoms with E-state index in [2.05, 4.69) is 4.40 Å². The summed E-state index contributed by atoms with van der Waals surface area (Å²) in [6.07, 6.45) is 1.30. The predicted molar refractivity (Wildman–Crippen MR) is 96.5 cm³/mol. The van der Waals surface area contributed by atoms with E-state index in [1.165, 1.54) is 18.2 Å². The lowest BCUT2D eigenvalue weighted by Crippen LogP contribution is -2.25. The SMILES string of the molecule is O=C([O-])CSC1=CC(=NS(=O)(=O)c2ccccc2)c2ccccc2C1=O. The van der Waals surface area contributed by atoms with Gasteiger partial charge in [-0.1, -0.05) is 42.5 Å². The monoisotopic (exact) mass is 386 g/mol. The Kier molecular flexibility index (Phi) is 5.06. The standard InChI is InChI=1S/C18H13NO5S2/c20-17(21)11-25-16-10-15(13-8-4-5-9-14(13)18(16)22)19-26(23,24)12-6-2-1-3-7-12/h1-10H,11H2,(H,20,21)/p-1. The van der Waals surface area contributed by atoms with E-state index in [4.69, 9.17) is 0 Å². The van der Waals surface area contributed by atoms with Gasteiger partial charge < -0.3 is 9.90 Å². The molecule has 0 radical (unpaired) electrons. The Labute approximate surface area is 154 Å². The summed E-state index contributed by atoms with van der Waals surface area (Å²) >= 11 is 0.777. The van der Waals surface area contributed by atoms with Crippen LogP contribution < -0.4 is 5.11 Å². The normalized spacial score (nSPS) is 15.5. The van der Waals surface area contributed by atoms with E-state index >= 15 is 0 Å². The molecule has 26 heavy (non-hydrogen) atoms. The highest BCUT2D eigenvalue weighted by Gasteiger charge is 2.26. The van der Waals surface area contributed by atoms with Crippen molar-refractivity contribution in [3.05, 3.63) is 76.7 Å². The summed E-state index contributed by atoms with van der Waals surface area (Å²) in [5, 5.41) is 10.7. The van der Waals surface area contributed by atoms with Gasteiger partial charge in [0, 0.05) is 16.9 Å². The number of sulfonamides is 1. The molecule has 0 aromatic heterocycles. The quantitative estimate of drug-likeness (QED) is 0.770. The van der Waals surface area contributed by atoms with Gasteiger partial charge in [-0.15, -0.1) is 11.8 Å². The van der Waals surface area contributed by atoms with E-state index in [1.54, 1.807) is 42.5 Å². The Morgan fingerprint density at radius 3 is 2.27 bits per heavy atom. The first-order valence-corrected chi connectivity index (χ1v) is 9.89. The second-order valence-electron chi connectivity index (χ2n) is 5.31. The third-order valence-electron chi connectivity index (χ3n) is 3.54. The van der Waals surface area contributed by atoms with E-state index in [0.717, 1.165) is 11.8 Å². The number of ketones is 1. The minimum atomic E-state index is -3.98. The van der Waals surface area contributed by atoms with Crippen LogP contribution in [0.5, 0.6) is 0 Å². The Morgan fingerprint density at radius 1 is 1.00 bits per heavy atom. The van der Waals surface area contributed by atoms with E-state index < -0.39 is 21.7 Å². The molecule has 0 fully saturated rings. The lowest BCUT2D eigenvalue weighted by Gasteiger charge is -2.17. The largest absolute Gasteiger partial charge is 0.549 e. The number of hydrogen-bond donors (Lipinski definition) is 0. The molecule has 132 valence electrons. The van der Waals surface area contributed by atoms with Crippen LogP contribution in [-0.2, 0) is 14.8 Å². The van der Waals surface area contributed by atoms with Gasteiger partial charge in [0.05, 0.1) is 21.5 Å². The number of carbonyl (C=O) groups is 2. The molecule has 0 saturated heterocycles. The predicted octanol–water partition coefficient (Wildman–Crippen LogP) is 1.43. The number of fused-ring (bicyclic) bond motifs is 1. The second-order valence-corrected chi connectivity index (χ2v) is 7.93. The van der Waals surface area contributed by atoms with Crippen LogP contribution in [0.4, 0.5) is 0 Å². The van der Waals surface area contributed by atoms with Gasteiger partial charge in [0.15, 0.2) is 5.78 Å². The Balaban J connectivity index is 2.11. The van der Waals surface area contributed by atoms with E-state index in [-0.39, 0.29) is 26.9 Å². The molecular weight excluding hydrogens is 374 g/mol. The topological polar surface area (TPSA) is 104 Å². The average Bonchev–Trinajstić information content (AvgIpc) is 2.63. The maximum absolute atomic E-state index is 12.6. The highest BCUT2D eigenvalue weighted by atomic mass is 32.2. The van der Waals surface area contributed by atoms with Crippen LogP contribution in [-0.4, -0.2) is 31.6 Å². The van der Waals surface area contributed by atoms with Gasteiger partial charge in [-0.3, -0.25) is 4.79 Å². The van der Waals surface area contributed by atoms with Crippen molar-refractivity contribution in [2.75, 3.05) is 5.75 Å². The number of rotatable bonds is 5. The third-order valence-corrected chi connectivity index (χ3v) is 5.84. The van der Waals surface area contributed by atoms with Gasteiger partial charge in [-0.2, -0.15) is 12.8 Å². The van der Waals surface area contributed by atoms with Crippen LogP contribution in [0.2, 0.25) is 0 Å². The zero-order chi connectivity index (χ0) is 18.7. The molecule has 0 atom stereocenters. The summed E-state index contributed by atoms with van der Waals surface area (Å²) in [4.78, 5) is 23.3. The summed E-state index contributed by atoms with van der Waals surface area (Å²) in [5.74, 6) is -2.11. The second kappa shape index (κ2) is 7.27. The van der Waals surface area contributed by atoms with Crippen LogP contribution in [0, 0.1) is 0 Å². The van der Waals surface area contributed by atoms with E-state index in [9.17, 15) is 23.1 Å². The first-order valence-electron chi connectivity index (χ1n) is 7.47. The van der Waals surface area contributed by atoms with Crippen molar-refractivity contribution in [3.8, 4) is 0 Å². The Morgan fingerprint density at radius 2 is 1.62 bits per heavy atom. The van der Waals surface area contributed by atoms with Crippen LogP contribution in [0.3, 0.4) is 0 Å². The highest BCUT2D eigenvalue weighted by molar-refractivity contribution is 8.04. The lowest BCUT2D eigenvalue weighted by molar-refractivity contribution is -0.301. The molecule has 0 heterocycles. The van der Waals surface area contributed by atoms with Crippen LogP contribution in [0.15, 0.2) is 74.9 Å². The minimum absolute atomic E-state index is 0.0271. The van der Waals surface area contributed by atoms with Crippen molar-refractivity contribution < 1.29 is 23.1 Å². The zero-order valence-corrected chi connectivity index (χ0v) is 14.9. The van der Waals surface area contributed by atoms with Gasteiger partial charge in [0.2, 0.25) is 0 Å². The van der Waals surface area contributed by atoms with Gasteiger partial charge >= 0.3 is 0 Å². The number of hydrogen-bond acceptors (Lipinski definition) is 6. The molecule has 0 N–H and O–H groups in total. The van der Waals surface area contributed by atoms with E-state index in [0.29, 0.717) is 5.56 Å². The van der Waals surface area contributed by atoms with Crippen molar-refractivity contribution >= 4 is 39.2 Å². The number of carbonyl (C=O) groups excluding carboxylic acids is 2. The van der Waals surface area contributed by atoms with Crippen molar-refractivity contribution in [2.45, 2.75) is 4.90 Å². The smallest absolute Gasteiger partial charge is 0.282 e. The molecule has 0 aliphatic heterocycles. The lowest BCUT2D eigenvalue weighted by atomic mass is 9.94. The highest BCUT2D eigenvalue weighted by Crippen LogP contribution is 2.29. The van der Waals surface area contributed by atoms with Gasteiger partial charge in [-0.25, -0.2) is 0 Å². The Bertz CT molecular complexity index is 1040. The molecule has 1 aliphatic carbocycles. The number of aliphatic carboxylic acids is 1. The molecule has 3 rings (SSSR count). The number of allylic oxidation sites excluding steroid dienone is 2. The summed E-state index contributed by atoms with van der Waals surface area (Å²) in [6.45, 7) is 0. The van der Waals surface area contributed by atoms with Crippen LogP contribution in [0.1, 0.15) is 15.9 Å². The molecule has 0 saturated carbocycles. The fourth-order valence-electron chi connectivity index (χ4n) is 2.40. The van der Waals surface area contributed by atoms with Gasteiger partial charge in [0.1, 0.15) is 0 Å². The number of benzene rings is 2. The first-order chi connectivity index (χ1) is 12.4. The van der Waals surface area contributed by atoms with E-state index in [1.807, 2.05) is 0 Å². The summed E-state index contributed by atoms with van der Waals surface area (Å²) in [6, 6.07) is 14.2. The number of nitrogens with zero attached hydrogens (tertiary/aromatic N) is 1. The van der Waals surface area contributed by atoms with Gasteiger partial charge in [-0.05, 0) is 18.2 Å². The molecule has 1 aliphatic rings. The molecule has 0 amide bonds. The van der Waals surface area contributed by atoms with Crippen molar-refractivity contribution in [3.63, 3.8) is 0 Å². The number of Topliss-reactive ketones (excluding diaryl/α,β-unsaturated/α-hetero) is 1.